The molecule has 0 saturated carbocycles. The standard InChI is InChI=1S/C22H23NO4.ClH/c1-2-16-20(25)17-8-9-19(24)18(14-23-10-12-26-13-11-23)22(17)27-21(16)15-6-4-3-5-7-15;/h3-9,24H,2,10-14H2,1H3;1H. The SMILES string of the molecule is CCc1c(-c2ccccc2)oc2c(C[NH+]3CCOCC3)c(O)ccc2c1=O.[Cl-]. The number of halogens is 1. The molecule has 0 unspecified atom stereocenters. The molecule has 2 N–H and O–H groups in total. The first-order valence-electron chi connectivity index (χ1n) is 9.46. The van der Waals surface area contributed by atoms with Crippen molar-refractivity contribution in [3.63, 3.8) is 0 Å². The minimum absolute atomic E-state index is 0. The molecule has 0 aliphatic carbocycles. The molecular weight excluding hydrogens is 378 g/mol. The van der Waals surface area contributed by atoms with Gasteiger partial charge in [0, 0.05) is 11.1 Å². The number of nitrogens with one attached hydrogen (secondary N) is 1. The highest BCUT2D eigenvalue weighted by molar-refractivity contribution is 5.84. The number of phenolic OH excluding ortho intramolecular Hbond substituents is 1. The summed E-state index contributed by atoms with van der Waals surface area (Å²) in [6, 6.07) is 13.0. The molecular formula is C22H24ClNO4. The third-order valence-electron chi connectivity index (χ3n) is 5.25. The van der Waals surface area contributed by atoms with E-state index in [0.29, 0.717) is 54.0 Å². The van der Waals surface area contributed by atoms with Crippen molar-refractivity contribution in [2.24, 2.45) is 0 Å². The Labute approximate surface area is 170 Å². The fourth-order valence-corrected chi connectivity index (χ4v) is 3.74. The zero-order valence-corrected chi connectivity index (χ0v) is 16.6. The highest BCUT2D eigenvalue weighted by atomic mass is 35.5. The highest BCUT2D eigenvalue weighted by Crippen LogP contribution is 2.31. The van der Waals surface area contributed by atoms with Gasteiger partial charge in [-0.2, -0.15) is 0 Å². The molecule has 0 amide bonds. The zero-order valence-electron chi connectivity index (χ0n) is 15.8. The van der Waals surface area contributed by atoms with E-state index in [4.69, 9.17) is 9.15 Å². The second kappa shape index (κ2) is 8.78. The van der Waals surface area contributed by atoms with E-state index in [9.17, 15) is 9.90 Å². The van der Waals surface area contributed by atoms with Crippen LogP contribution in [0.25, 0.3) is 22.3 Å². The van der Waals surface area contributed by atoms with Gasteiger partial charge in [0.25, 0.3) is 0 Å². The number of phenols is 1. The Balaban J connectivity index is 0.00000225. The van der Waals surface area contributed by atoms with Gasteiger partial charge in [0.2, 0.25) is 0 Å². The van der Waals surface area contributed by atoms with Crippen LogP contribution in [0.2, 0.25) is 0 Å². The second-order valence-corrected chi connectivity index (χ2v) is 6.94. The van der Waals surface area contributed by atoms with Gasteiger partial charge in [-0.3, -0.25) is 4.79 Å². The molecule has 0 spiro atoms. The molecule has 4 rings (SSSR count). The van der Waals surface area contributed by atoms with Gasteiger partial charge in [0.1, 0.15) is 31.1 Å². The molecule has 1 fully saturated rings. The van der Waals surface area contributed by atoms with Crippen molar-refractivity contribution in [1.29, 1.82) is 0 Å². The van der Waals surface area contributed by atoms with Crippen LogP contribution in [-0.4, -0.2) is 31.4 Å². The van der Waals surface area contributed by atoms with Gasteiger partial charge in [-0.05, 0) is 18.6 Å². The molecule has 0 bridgehead atoms. The van der Waals surface area contributed by atoms with E-state index in [1.54, 1.807) is 12.1 Å². The van der Waals surface area contributed by atoms with Crippen molar-refractivity contribution in [2.45, 2.75) is 19.9 Å². The predicted octanol–water partition coefficient (Wildman–Crippen LogP) is -0.853. The van der Waals surface area contributed by atoms with E-state index in [1.807, 2.05) is 37.3 Å². The van der Waals surface area contributed by atoms with Crippen LogP contribution < -0.4 is 22.7 Å². The van der Waals surface area contributed by atoms with Gasteiger partial charge in [-0.25, -0.2) is 0 Å². The van der Waals surface area contributed by atoms with Gasteiger partial charge < -0.3 is 31.6 Å². The molecule has 1 aliphatic heterocycles. The number of benzene rings is 2. The van der Waals surface area contributed by atoms with Crippen LogP contribution in [0.15, 0.2) is 51.7 Å². The number of morpholine rings is 1. The summed E-state index contributed by atoms with van der Waals surface area (Å²) in [6.07, 6.45) is 0.591. The van der Waals surface area contributed by atoms with Crippen molar-refractivity contribution in [3.05, 3.63) is 63.8 Å². The minimum atomic E-state index is -0.0177. The summed E-state index contributed by atoms with van der Waals surface area (Å²) in [7, 11) is 0. The Hall–Kier alpha value is -2.34. The summed E-state index contributed by atoms with van der Waals surface area (Å²) in [4.78, 5) is 14.5. The monoisotopic (exact) mass is 401 g/mol. The van der Waals surface area contributed by atoms with Crippen molar-refractivity contribution in [3.8, 4) is 17.1 Å². The molecule has 28 heavy (non-hydrogen) atoms. The molecule has 148 valence electrons. The van der Waals surface area contributed by atoms with E-state index in [2.05, 4.69) is 0 Å². The first kappa shape index (κ1) is 20.4. The largest absolute Gasteiger partial charge is 1.00 e. The van der Waals surface area contributed by atoms with Crippen LogP contribution in [0.5, 0.6) is 5.75 Å². The summed E-state index contributed by atoms with van der Waals surface area (Å²) >= 11 is 0. The number of fused-ring (bicyclic) bond motifs is 1. The fraction of sp³-hybridized carbons (Fsp3) is 0.318. The molecule has 2 heterocycles. The highest BCUT2D eigenvalue weighted by Gasteiger charge is 2.22. The van der Waals surface area contributed by atoms with Gasteiger partial charge in [-0.1, -0.05) is 37.3 Å². The third kappa shape index (κ3) is 3.78. The molecule has 2 aromatic carbocycles. The maximum absolute atomic E-state index is 13.1. The average molecular weight is 402 g/mol. The zero-order chi connectivity index (χ0) is 18.8. The lowest BCUT2D eigenvalue weighted by atomic mass is 10.0. The lowest BCUT2D eigenvalue weighted by Gasteiger charge is -2.24. The van der Waals surface area contributed by atoms with Gasteiger partial charge >= 0.3 is 0 Å². The van der Waals surface area contributed by atoms with Crippen LogP contribution in [0, 0.1) is 0 Å². The summed E-state index contributed by atoms with van der Waals surface area (Å²) in [5.74, 6) is 0.771. The topological polar surface area (TPSA) is 64.1 Å². The number of aromatic hydroxyl groups is 1. The first-order valence-corrected chi connectivity index (χ1v) is 9.46. The van der Waals surface area contributed by atoms with Crippen molar-refractivity contribution in [2.75, 3.05) is 26.3 Å². The molecule has 0 atom stereocenters. The normalized spacial score (nSPS) is 14.8. The molecule has 1 aliphatic rings. The molecule has 6 heteroatoms. The summed E-state index contributed by atoms with van der Waals surface area (Å²) in [5.41, 5.74) is 2.72. The quantitative estimate of drug-likeness (QED) is 0.597. The van der Waals surface area contributed by atoms with Gasteiger partial charge in [-0.15, -0.1) is 0 Å². The number of hydrogen-bond acceptors (Lipinski definition) is 4. The molecule has 3 aromatic rings. The molecule has 1 saturated heterocycles. The van der Waals surface area contributed by atoms with Crippen molar-refractivity contribution < 1.29 is 31.6 Å². The third-order valence-corrected chi connectivity index (χ3v) is 5.25. The molecule has 1 aromatic heterocycles. The number of ether oxygens (including phenoxy) is 1. The van der Waals surface area contributed by atoms with E-state index in [0.717, 1.165) is 18.7 Å². The smallest absolute Gasteiger partial charge is 0.196 e. The summed E-state index contributed by atoms with van der Waals surface area (Å²) < 4.78 is 11.7. The summed E-state index contributed by atoms with van der Waals surface area (Å²) in [6.45, 7) is 5.73. The summed E-state index contributed by atoms with van der Waals surface area (Å²) in [5, 5.41) is 11.0. The maximum atomic E-state index is 13.1. The van der Waals surface area contributed by atoms with E-state index < -0.39 is 0 Å². The van der Waals surface area contributed by atoms with Crippen molar-refractivity contribution in [1.82, 2.24) is 0 Å². The molecule has 0 radical (unpaired) electrons. The Morgan fingerprint density at radius 3 is 2.43 bits per heavy atom. The fourth-order valence-electron chi connectivity index (χ4n) is 3.74. The molecule has 5 nitrogen and oxygen atoms in total. The second-order valence-electron chi connectivity index (χ2n) is 6.94. The lowest BCUT2D eigenvalue weighted by Crippen LogP contribution is -3.12. The average Bonchev–Trinajstić information content (AvgIpc) is 2.71. The van der Waals surface area contributed by atoms with Crippen LogP contribution in [0.1, 0.15) is 18.1 Å². The maximum Gasteiger partial charge on any atom is 0.196 e. The van der Waals surface area contributed by atoms with Gasteiger partial charge in [0.15, 0.2) is 11.0 Å². The van der Waals surface area contributed by atoms with Crippen LogP contribution in [-0.2, 0) is 17.7 Å². The van der Waals surface area contributed by atoms with Crippen molar-refractivity contribution >= 4 is 11.0 Å². The Morgan fingerprint density at radius 1 is 1.04 bits per heavy atom. The Bertz CT molecular complexity index is 1010. The van der Waals surface area contributed by atoms with Crippen LogP contribution >= 0.6 is 0 Å². The Kier molecular flexibility index (Phi) is 6.39. The van der Waals surface area contributed by atoms with Crippen LogP contribution in [0.3, 0.4) is 0 Å². The predicted molar refractivity (Wildman–Crippen MR) is 104 cm³/mol. The lowest BCUT2D eigenvalue weighted by molar-refractivity contribution is -0.921. The van der Waals surface area contributed by atoms with E-state index in [-0.39, 0.29) is 23.6 Å². The van der Waals surface area contributed by atoms with E-state index in [1.165, 1.54) is 4.90 Å². The minimum Gasteiger partial charge on any atom is -1.00 e. The number of quaternary nitrogens is 1. The van der Waals surface area contributed by atoms with Gasteiger partial charge in [0.05, 0.1) is 24.2 Å². The Morgan fingerprint density at radius 2 is 1.75 bits per heavy atom. The first-order chi connectivity index (χ1) is 13.2. The number of rotatable bonds is 4. The number of hydrogen-bond donors (Lipinski definition) is 2. The van der Waals surface area contributed by atoms with E-state index >= 15 is 0 Å². The van der Waals surface area contributed by atoms with Crippen LogP contribution in [0.4, 0.5) is 0 Å².